The van der Waals surface area contributed by atoms with Crippen LogP contribution in [0.3, 0.4) is 0 Å². The molecule has 1 aromatic heterocycles. The lowest BCUT2D eigenvalue weighted by molar-refractivity contribution is -0.119. The van der Waals surface area contributed by atoms with Gasteiger partial charge in [-0.2, -0.15) is 0 Å². The summed E-state index contributed by atoms with van der Waals surface area (Å²) in [5.74, 6) is -1.33. The van der Waals surface area contributed by atoms with Gasteiger partial charge in [0.25, 0.3) is 11.8 Å². The Morgan fingerprint density at radius 1 is 1.00 bits per heavy atom. The molecule has 0 saturated carbocycles. The molecule has 1 aliphatic rings. The second kappa shape index (κ2) is 7.60. The van der Waals surface area contributed by atoms with Crippen molar-refractivity contribution >= 4 is 34.2 Å². The average Bonchev–Trinajstić information content (AvgIpc) is 3.17. The second-order valence-corrected chi connectivity index (χ2v) is 8.08. The van der Waals surface area contributed by atoms with Gasteiger partial charge in [-0.15, -0.1) is 11.3 Å². The number of fused-ring (bicyclic) bond motifs is 1. The number of benzene rings is 2. The molecule has 146 valence electrons. The molecule has 29 heavy (non-hydrogen) atoms. The van der Waals surface area contributed by atoms with Gasteiger partial charge in [0.2, 0.25) is 5.91 Å². The van der Waals surface area contributed by atoms with E-state index in [1.807, 2.05) is 44.2 Å². The van der Waals surface area contributed by atoms with Crippen molar-refractivity contribution in [3.8, 4) is 0 Å². The van der Waals surface area contributed by atoms with E-state index in [0.29, 0.717) is 16.3 Å². The summed E-state index contributed by atoms with van der Waals surface area (Å²) in [5.41, 5.74) is 2.34. The standard InChI is InChI=1S/C22H19N3O3S/c1-13-14(2)29-22(23-13)24-19(26)18(12-15-8-4-3-5-9-15)25-20(27)16-10-6-7-11-17(16)21(25)28/h3-11,18H,12H2,1-2H3,(H,23,24,26). The van der Waals surface area contributed by atoms with Gasteiger partial charge < -0.3 is 5.32 Å². The molecular formula is C22H19N3O3S. The van der Waals surface area contributed by atoms with Gasteiger partial charge in [0.1, 0.15) is 6.04 Å². The predicted octanol–water partition coefficient (Wildman–Crippen LogP) is 3.61. The summed E-state index contributed by atoms with van der Waals surface area (Å²) < 4.78 is 0. The van der Waals surface area contributed by atoms with E-state index >= 15 is 0 Å². The fraction of sp³-hybridized carbons (Fsp3) is 0.182. The molecule has 2 aromatic carbocycles. The Morgan fingerprint density at radius 2 is 1.59 bits per heavy atom. The molecule has 1 unspecified atom stereocenters. The van der Waals surface area contributed by atoms with Crippen LogP contribution >= 0.6 is 11.3 Å². The van der Waals surface area contributed by atoms with E-state index in [4.69, 9.17) is 0 Å². The third-order valence-electron chi connectivity index (χ3n) is 4.97. The van der Waals surface area contributed by atoms with Gasteiger partial charge in [0.15, 0.2) is 5.13 Å². The van der Waals surface area contributed by atoms with E-state index in [2.05, 4.69) is 10.3 Å². The number of amides is 3. The number of aryl methyl sites for hydroxylation is 2. The molecule has 4 rings (SSSR count). The quantitative estimate of drug-likeness (QED) is 0.658. The van der Waals surface area contributed by atoms with Gasteiger partial charge in [-0.25, -0.2) is 4.98 Å². The number of aromatic nitrogens is 1. The summed E-state index contributed by atoms with van der Waals surface area (Å²) in [6.45, 7) is 3.79. The minimum Gasteiger partial charge on any atom is -0.300 e. The molecule has 3 aromatic rings. The molecule has 0 bridgehead atoms. The zero-order valence-corrected chi connectivity index (χ0v) is 16.8. The topological polar surface area (TPSA) is 79.4 Å². The Bertz CT molecular complexity index is 1050. The maximum absolute atomic E-state index is 13.2. The average molecular weight is 405 g/mol. The van der Waals surface area contributed by atoms with Crippen LogP contribution in [-0.2, 0) is 11.2 Å². The predicted molar refractivity (Wildman–Crippen MR) is 111 cm³/mol. The highest BCUT2D eigenvalue weighted by molar-refractivity contribution is 7.15. The summed E-state index contributed by atoms with van der Waals surface area (Å²) in [5, 5.41) is 3.25. The normalized spacial score (nSPS) is 14.1. The minimum atomic E-state index is -0.977. The SMILES string of the molecule is Cc1nc(NC(=O)C(Cc2ccccc2)N2C(=O)c3ccccc3C2=O)sc1C. The van der Waals surface area contributed by atoms with Gasteiger partial charge in [-0.1, -0.05) is 42.5 Å². The minimum absolute atomic E-state index is 0.224. The van der Waals surface area contributed by atoms with Crippen molar-refractivity contribution in [1.82, 2.24) is 9.88 Å². The van der Waals surface area contributed by atoms with Crippen molar-refractivity contribution in [3.63, 3.8) is 0 Å². The number of anilines is 1. The van der Waals surface area contributed by atoms with E-state index in [0.717, 1.165) is 21.0 Å². The fourth-order valence-corrected chi connectivity index (χ4v) is 4.16. The van der Waals surface area contributed by atoms with E-state index in [1.165, 1.54) is 11.3 Å². The number of hydrogen-bond donors (Lipinski definition) is 1. The molecule has 1 aliphatic heterocycles. The van der Waals surface area contributed by atoms with Crippen LogP contribution in [0.4, 0.5) is 5.13 Å². The number of carbonyl (C=O) groups excluding carboxylic acids is 3. The first kappa shape index (κ1) is 19.0. The number of nitrogens with one attached hydrogen (secondary N) is 1. The lowest BCUT2D eigenvalue weighted by Gasteiger charge is -2.25. The number of rotatable bonds is 5. The third kappa shape index (κ3) is 3.56. The van der Waals surface area contributed by atoms with Crippen LogP contribution in [0.5, 0.6) is 0 Å². The van der Waals surface area contributed by atoms with E-state index in [1.54, 1.807) is 24.3 Å². The zero-order valence-electron chi connectivity index (χ0n) is 16.0. The fourth-order valence-electron chi connectivity index (χ4n) is 3.34. The molecule has 1 atom stereocenters. The van der Waals surface area contributed by atoms with Crippen LogP contribution in [0.1, 0.15) is 36.9 Å². The van der Waals surface area contributed by atoms with Gasteiger partial charge in [-0.05, 0) is 31.5 Å². The molecule has 0 saturated heterocycles. The Kier molecular flexibility index (Phi) is 4.98. The van der Waals surface area contributed by atoms with E-state index in [9.17, 15) is 14.4 Å². The molecule has 7 heteroatoms. The first-order chi connectivity index (χ1) is 14.0. The van der Waals surface area contributed by atoms with Crippen molar-refractivity contribution in [1.29, 1.82) is 0 Å². The van der Waals surface area contributed by atoms with Crippen molar-refractivity contribution in [3.05, 3.63) is 81.9 Å². The van der Waals surface area contributed by atoms with Crippen LogP contribution in [-0.4, -0.2) is 33.6 Å². The number of carbonyl (C=O) groups is 3. The molecule has 0 radical (unpaired) electrons. The Hall–Kier alpha value is -3.32. The number of hydrogen-bond acceptors (Lipinski definition) is 5. The molecular weight excluding hydrogens is 386 g/mol. The molecule has 0 fully saturated rings. The van der Waals surface area contributed by atoms with Crippen molar-refractivity contribution in [2.45, 2.75) is 26.3 Å². The van der Waals surface area contributed by atoms with Crippen molar-refractivity contribution in [2.75, 3.05) is 5.32 Å². The number of nitrogens with zero attached hydrogens (tertiary/aromatic N) is 2. The zero-order chi connectivity index (χ0) is 20.5. The third-order valence-corrected chi connectivity index (χ3v) is 5.96. The van der Waals surface area contributed by atoms with Crippen molar-refractivity contribution in [2.24, 2.45) is 0 Å². The van der Waals surface area contributed by atoms with Crippen LogP contribution in [0.25, 0.3) is 0 Å². The van der Waals surface area contributed by atoms with Gasteiger partial charge in [0.05, 0.1) is 16.8 Å². The highest BCUT2D eigenvalue weighted by Gasteiger charge is 2.42. The molecule has 0 aliphatic carbocycles. The Morgan fingerprint density at radius 3 is 2.14 bits per heavy atom. The first-order valence-corrected chi connectivity index (χ1v) is 10.0. The summed E-state index contributed by atoms with van der Waals surface area (Å²) in [4.78, 5) is 45.5. The highest BCUT2D eigenvalue weighted by atomic mass is 32.1. The number of thiazole rings is 1. The lowest BCUT2D eigenvalue weighted by atomic mass is 10.0. The molecule has 0 spiro atoms. The monoisotopic (exact) mass is 405 g/mol. The van der Waals surface area contributed by atoms with Crippen LogP contribution < -0.4 is 5.32 Å². The maximum Gasteiger partial charge on any atom is 0.262 e. The van der Waals surface area contributed by atoms with Gasteiger partial charge in [0, 0.05) is 11.3 Å². The summed E-state index contributed by atoms with van der Waals surface area (Å²) in [6, 6.07) is 15.0. The smallest absolute Gasteiger partial charge is 0.262 e. The van der Waals surface area contributed by atoms with Crippen LogP contribution in [0.2, 0.25) is 0 Å². The number of imide groups is 1. The van der Waals surface area contributed by atoms with E-state index < -0.39 is 23.8 Å². The first-order valence-electron chi connectivity index (χ1n) is 9.21. The second-order valence-electron chi connectivity index (χ2n) is 6.88. The van der Waals surface area contributed by atoms with Crippen LogP contribution in [0.15, 0.2) is 54.6 Å². The molecule has 2 heterocycles. The Labute approximate surface area is 172 Å². The summed E-state index contributed by atoms with van der Waals surface area (Å²) in [7, 11) is 0. The van der Waals surface area contributed by atoms with Gasteiger partial charge >= 0.3 is 0 Å². The van der Waals surface area contributed by atoms with Crippen molar-refractivity contribution < 1.29 is 14.4 Å². The lowest BCUT2D eigenvalue weighted by Crippen LogP contribution is -2.48. The summed E-state index contributed by atoms with van der Waals surface area (Å²) >= 11 is 1.37. The molecule has 6 nitrogen and oxygen atoms in total. The summed E-state index contributed by atoms with van der Waals surface area (Å²) in [6.07, 6.45) is 0.224. The molecule has 3 amide bonds. The largest absolute Gasteiger partial charge is 0.300 e. The molecule has 1 N–H and O–H groups in total. The Balaban J connectivity index is 1.68. The highest BCUT2D eigenvalue weighted by Crippen LogP contribution is 2.27. The van der Waals surface area contributed by atoms with Gasteiger partial charge in [-0.3, -0.25) is 19.3 Å². The van der Waals surface area contributed by atoms with Crippen LogP contribution in [0, 0.1) is 13.8 Å². The van der Waals surface area contributed by atoms with E-state index in [-0.39, 0.29) is 6.42 Å². The maximum atomic E-state index is 13.2.